The summed E-state index contributed by atoms with van der Waals surface area (Å²) in [6.45, 7) is 0.496. The molecule has 19 heavy (non-hydrogen) atoms. The van der Waals surface area contributed by atoms with Crippen molar-refractivity contribution in [3.05, 3.63) is 24.0 Å². The Morgan fingerprint density at radius 3 is 2.79 bits per heavy atom. The van der Waals surface area contributed by atoms with Gasteiger partial charge in [0.15, 0.2) is 5.96 Å². The zero-order valence-electron chi connectivity index (χ0n) is 11.1. The third-order valence-corrected chi connectivity index (χ3v) is 3.15. The first-order chi connectivity index (χ1) is 8.78. The van der Waals surface area contributed by atoms with E-state index in [1.54, 1.807) is 13.3 Å². The van der Waals surface area contributed by atoms with E-state index in [1.807, 2.05) is 12.1 Å². The Kier molecular flexibility index (Phi) is 6.90. The van der Waals surface area contributed by atoms with Crippen LogP contribution in [-0.4, -0.2) is 24.1 Å². The van der Waals surface area contributed by atoms with Crippen molar-refractivity contribution < 1.29 is 4.74 Å². The quantitative estimate of drug-likeness (QED) is 0.479. The molecule has 0 bridgehead atoms. The third-order valence-electron chi connectivity index (χ3n) is 3.15. The molecule has 1 aromatic rings. The second-order valence-corrected chi connectivity index (χ2v) is 4.52. The van der Waals surface area contributed by atoms with E-state index in [-0.39, 0.29) is 24.0 Å². The predicted octanol–water partition coefficient (Wildman–Crippen LogP) is 2.06. The summed E-state index contributed by atoms with van der Waals surface area (Å²) >= 11 is 0. The van der Waals surface area contributed by atoms with E-state index in [2.05, 4.69) is 15.3 Å². The fourth-order valence-corrected chi connectivity index (χ4v) is 2.12. The van der Waals surface area contributed by atoms with E-state index in [4.69, 9.17) is 10.5 Å². The predicted molar refractivity (Wildman–Crippen MR) is 86.9 cm³/mol. The molecule has 1 aliphatic carbocycles. The van der Waals surface area contributed by atoms with Crippen molar-refractivity contribution in [1.29, 1.82) is 0 Å². The average Bonchev–Trinajstić information content (AvgIpc) is 2.90. The summed E-state index contributed by atoms with van der Waals surface area (Å²) in [5.74, 6) is 1.26. The minimum Gasteiger partial charge on any atom is -0.495 e. The topological polar surface area (TPSA) is 72.5 Å². The summed E-state index contributed by atoms with van der Waals surface area (Å²) < 4.78 is 5.05. The molecule has 1 fully saturated rings. The summed E-state index contributed by atoms with van der Waals surface area (Å²) in [4.78, 5) is 8.53. The van der Waals surface area contributed by atoms with Crippen LogP contribution in [0.3, 0.4) is 0 Å². The van der Waals surface area contributed by atoms with E-state index in [0.717, 1.165) is 11.4 Å². The first-order valence-electron chi connectivity index (χ1n) is 6.33. The molecule has 0 spiro atoms. The number of guanidine groups is 1. The molecule has 2 rings (SSSR count). The number of nitrogens with zero attached hydrogens (tertiary/aromatic N) is 2. The van der Waals surface area contributed by atoms with Crippen LogP contribution in [0.4, 0.5) is 0 Å². The number of nitrogens with one attached hydrogen (secondary N) is 1. The van der Waals surface area contributed by atoms with Crippen LogP contribution in [0.15, 0.2) is 23.3 Å². The molecule has 0 atom stereocenters. The van der Waals surface area contributed by atoms with Crippen molar-refractivity contribution in [2.24, 2.45) is 10.7 Å². The number of pyridine rings is 1. The number of aromatic nitrogens is 1. The van der Waals surface area contributed by atoms with Gasteiger partial charge in [-0.25, -0.2) is 4.99 Å². The van der Waals surface area contributed by atoms with Gasteiger partial charge in [-0.15, -0.1) is 24.0 Å². The van der Waals surface area contributed by atoms with Crippen molar-refractivity contribution in [2.45, 2.75) is 38.3 Å². The smallest absolute Gasteiger partial charge is 0.189 e. The summed E-state index contributed by atoms with van der Waals surface area (Å²) in [6, 6.07) is 4.27. The molecule has 6 heteroatoms. The Labute approximate surface area is 131 Å². The maximum Gasteiger partial charge on any atom is 0.189 e. The Morgan fingerprint density at radius 1 is 1.47 bits per heavy atom. The van der Waals surface area contributed by atoms with Gasteiger partial charge in [0.25, 0.3) is 0 Å². The lowest BCUT2D eigenvalue weighted by molar-refractivity contribution is 0.412. The summed E-state index contributed by atoms with van der Waals surface area (Å²) in [5.41, 5.74) is 6.73. The monoisotopic (exact) mass is 376 g/mol. The molecule has 1 aliphatic rings. The number of nitrogens with two attached hydrogens (primary N) is 1. The third kappa shape index (κ3) is 5.22. The fraction of sp³-hybridized carbons (Fsp3) is 0.538. The molecule has 106 valence electrons. The molecule has 0 radical (unpaired) electrons. The van der Waals surface area contributed by atoms with E-state index in [9.17, 15) is 0 Å². The Hall–Kier alpha value is -1.05. The molecular weight excluding hydrogens is 355 g/mol. The number of hydrogen-bond donors (Lipinski definition) is 2. The normalized spacial score (nSPS) is 15.9. The second kappa shape index (κ2) is 8.19. The standard InChI is InChI=1S/C13H20N4O.HI/c1-18-12-7-6-11(15-9-12)8-16-13(14)17-10-4-2-3-5-10;/h6-7,9-10H,2-5,8H2,1H3,(H3,14,16,17);1H. The lowest BCUT2D eigenvalue weighted by Crippen LogP contribution is -2.38. The van der Waals surface area contributed by atoms with Gasteiger partial charge in [0.1, 0.15) is 5.75 Å². The minimum atomic E-state index is 0. The van der Waals surface area contributed by atoms with Crippen LogP contribution in [-0.2, 0) is 6.54 Å². The van der Waals surface area contributed by atoms with Gasteiger partial charge < -0.3 is 15.8 Å². The first-order valence-corrected chi connectivity index (χ1v) is 6.33. The van der Waals surface area contributed by atoms with Gasteiger partial charge in [0.05, 0.1) is 25.5 Å². The maximum atomic E-state index is 5.84. The summed E-state index contributed by atoms with van der Waals surface area (Å²) in [6.07, 6.45) is 6.63. The highest BCUT2D eigenvalue weighted by Gasteiger charge is 2.14. The average molecular weight is 376 g/mol. The Balaban J connectivity index is 0.00000180. The number of hydrogen-bond acceptors (Lipinski definition) is 3. The van der Waals surface area contributed by atoms with Gasteiger partial charge in [-0.3, -0.25) is 4.98 Å². The number of ether oxygens (including phenoxy) is 1. The van der Waals surface area contributed by atoms with Gasteiger partial charge in [-0.05, 0) is 25.0 Å². The fourth-order valence-electron chi connectivity index (χ4n) is 2.12. The van der Waals surface area contributed by atoms with E-state index < -0.39 is 0 Å². The molecule has 0 saturated heterocycles. The van der Waals surface area contributed by atoms with Gasteiger partial charge in [-0.2, -0.15) is 0 Å². The van der Waals surface area contributed by atoms with Crippen LogP contribution in [0.25, 0.3) is 0 Å². The molecule has 5 nitrogen and oxygen atoms in total. The number of rotatable bonds is 4. The highest BCUT2D eigenvalue weighted by molar-refractivity contribution is 14.0. The molecule has 0 amide bonds. The van der Waals surface area contributed by atoms with Crippen LogP contribution >= 0.6 is 24.0 Å². The second-order valence-electron chi connectivity index (χ2n) is 4.52. The number of aliphatic imine (C=N–C) groups is 1. The highest BCUT2D eigenvalue weighted by Crippen LogP contribution is 2.17. The van der Waals surface area contributed by atoms with Crippen LogP contribution in [0.1, 0.15) is 31.4 Å². The van der Waals surface area contributed by atoms with Crippen LogP contribution < -0.4 is 15.8 Å². The van der Waals surface area contributed by atoms with Crippen molar-refractivity contribution in [1.82, 2.24) is 10.3 Å². The van der Waals surface area contributed by atoms with Gasteiger partial charge >= 0.3 is 0 Å². The zero-order chi connectivity index (χ0) is 12.8. The molecule has 1 heterocycles. The molecule has 0 aromatic carbocycles. The summed E-state index contributed by atoms with van der Waals surface area (Å²) in [7, 11) is 1.62. The van der Waals surface area contributed by atoms with E-state index in [1.165, 1.54) is 25.7 Å². The zero-order valence-corrected chi connectivity index (χ0v) is 13.5. The van der Waals surface area contributed by atoms with Gasteiger partial charge in [0, 0.05) is 6.04 Å². The molecule has 3 N–H and O–H groups in total. The van der Waals surface area contributed by atoms with Crippen molar-refractivity contribution in [3.8, 4) is 5.75 Å². The van der Waals surface area contributed by atoms with Crippen molar-refractivity contribution in [2.75, 3.05) is 7.11 Å². The highest BCUT2D eigenvalue weighted by atomic mass is 127. The summed E-state index contributed by atoms with van der Waals surface area (Å²) in [5, 5.41) is 3.25. The first kappa shape index (κ1) is 16.0. The van der Waals surface area contributed by atoms with E-state index in [0.29, 0.717) is 18.5 Å². The Bertz CT molecular complexity index is 402. The van der Waals surface area contributed by atoms with Crippen molar-refractivity contribution >= 4 is 29.9 Å². The van der Waals surface area contributed by atoms with Crippen LogP contribution in [0.5, 0.6) is 5.75 Å². The van der Waals surface area contributed by atoms with Gasteiger partial charge in [0.2, 0.25) is 0 Å². The van der Waals surface area contributed by atoms with E-state index >= 15 is 0 Å². The van der Waals surface area contributed by atoms with Crippen molar-refractivity contribution in [3.63, 3.8) is 0 Å². The lowest BCUT2D eigenvalue weighted by Gasteiger charge is -2.12. The minimum absolute atomic E-state index is 0. The molecule has 1 aromatic heterocycles. The molecule has 0 unspecified atom stereocenters. The SMILES string of the molecule is COc1ccc(CN=C(N)NC2CCCC2)nc1.I. The molecular formula is C13H21IN4O. The number of methoxy groups -OCH3 is 1. The largest absolute Gasteiger partial charge is 0.495 e. The molecule has 1 saturated carbocycles. The molecule has 0 aliphatic heterocycles. The Morgan fingerprint density at radius 2 is 2.21 bits per heavy atom. The van der Waals surface area contributed by atoms with Crippen LogP contribution in [0, 0.1) is 0 Å². The van der Waals surface area contributed by atoms with Gasteiger partial charge in [-0.1, -0.05) is 12.8 Å². The maximum absolute atomic E-state index is 5.84. The lowest BCUT2D eigenvalue weighted by atomic mass is 10.2. The number of halogens is 1. The van der Waals surface area contributed by atoms with Crippen LogP contribution in [0.2, 0.25) is 0 Å².